The molecule has 0 aromatic heterocycles. The molecule has 0 aliphatic rings. The van der Waals surface area contributed by atoms with Crippen LogP contribution < -0.4 is 0 Å². The van der Waals surface area contributed by atoms with Gasteiger partial charge in [-0.05, 0) is 20.3 Å². The smallest absolute Gasteiger partial charge is 0.305 e. The maximum Gasteiger partial charge on any atom is 0.305 e. The number of hydrogen-bond donors (Lipinski definition) is 2. The van der Waals surface area contributed by atoms with E-state index >= 15 is 0 Å². The second-order valence-corrected chi connectivity index (χ2v) is 2.65. The number of carbonyl (C=O) groups excluding carboxylic acids is 1. The summed E-state index contributed by atoms with van der Waals surface area (Å²) in [6.45, 7) is 3.56. The van der Waals surface area contributed by atoms with E-state index < -0.39 is 12.2 Å². The number of rotatable bonds is 5. The molecule has 0 fully saturated rings. The number of aliphatic hydroxyl groups excluding tert-OH is 2. The van der Waals surface area contributed by atoms with Crippen molar-refractivity contribution in [2.24, 2.45) is 0 Å². The monoisotopic (exact) mass is 176 g/mol. The minimum Gasteiger partial charge on any atom is -0.466 e. The predicted octanol–water partition coefficient (Wildman–Crippen LogP) is 0.0714. The second-order valence-electron chi connectivity index (χ2n) is 2.65. The zero-order valence-electron chi connectivity index (χ0n) is 7.49. The van der Waals surface area contributed by atoms with Crippen molar-refractivity contribution in [1.82, 2.24) is 0 Å². The van der Waals surface area contributed by atoms with Crippen LogP contribution in [0.25, 0.3) is 0 Å². The van der Waals surface area contributed by atoms with E-state index in [1.165, 1.54) is 6.92 Å². The van der Waals surface area contributed by atoms with Crippen molar-refractivity contribution in [3.05, 3.63) is 0 Å². The number of esters is 1. The summed E-state index contributed by atoms with van der Waals surface area (Å²) in [5, 5.41) is 17.9. The summed E-state index contributed by atoms with van der Waals surface area (Å²) in [6.07, 6.45) is -1.23. The average molecular weight is 176 g/mol. The number of carbonyl (C=O) groups is 1. The molecule has 0 saturated carbocycles. The van der Waals surface area contributed by atoms with Crippen LogP contribution in [-0.4, -0.2) is 35.0 Å². The van der Waals surface area contributed by atoms with Gasteiger partial charge < -0.3 is 14.9 Å². The van der Waals surface area contributed by atoms with Crippen LogP contribution in [0.4, 0.5) is 0 Å². The molecular weight excluding hydrogens is 160 g/mol. The highest BCUT2D eigenvalue weighted by Crippen LogP contribution is 2.02. The Bertz CT molecular complexity index is 133. The molecule has 0 aromatic carbocycles. The first-order chi connectivity index (χ1) is 5.57. The molecule has 0 bridgehead atoms. The fraction of sp³-hybridized carbons (Fsp3) is 0.875. The summed E-state index contributed by atoms with van der Waals surface area (Å²) in [4.78, 5) is 10.8. The lowest BCUT2D eigenvalue weighted by Gasteiger charge is -2.12. The van der Waals surface area contributed by atoms with Gasteiger partial charge in [0.2, 0.25) is 0 Å². The lowest BCUT2D eigenvalue weighted by molar-refractivity contribution is -0.144. The first kappa shape index (κ1) is 11.4. The first-order valence-electron chi connectivity index (χ1n) is 4.09. The highest BCUT2D eigenvalue weighted by molar-refractivity contribution is 5.69. The molecule has 4 heteroatoms. The van der Waals surface area contributed by atoms with Crippen LogP contribution in [0.1, 0.15) is 26.7 Å². The SMILES string of the molecule is CCOC(=O)CC[C@@H](O)[C@@H](C)O. The highest BCUT2D eigenvalue weighted by atomic mass is 16.5. The molecule has 0 heterocycles. The molecule has 72 valence electrons. The van der Waals surface area contributed by atoms with Crippen molar-refractivity contribution in [2.45, 2.75) is 38.9 Å². The van der Waals surface area contributed by atoms with Crippen molar-refractivity contribution in [3.63, 3.8) is 0 Å². The largest absolute Gasteiger partial charge is 0.466 e. The fourth-order valence-electron chi connectivity index (χ4n) is 0.740. The third-order valence-corrected chi connectivity index (χ3v) is 1.51. The minimum absolute atomic E-state index is 0.153. The van der Waals surface area contributed by atoms with Crippen LogP contribution in [0, 0.1) is 0 Å². The lowest BCUT2D eigenvalue weighted by atomic mass is 10.1. The normalized spacial score (nSPS) is 15.3. The Morgan fingerprint density at radius 3 is 2.50 bits per heavy atom. The van der Waals surface area contributed by atoms with Gasteiger partial charge in [0.15, 0.2) is 0 Å². The summed E-state index contributed by atoms with van der Waals surface area (Å²) < 4.78 is 4.64. The Labute approximate surface area is 72.2 Å². The zero-order valence-corrected chi connectivity index (χ0v) is 7.49. The van der Waals surface area contributed by atoms with Crippen LogP contribution >= 0.6 is 0 Å². The maximum absolute atomic E-state index is 10.8. The maximum atomic E-state index is 10.8. The molecule has 0 rings (SSSR count). The van der Waals surface area contributed by atoms with Gasteiger partial charge in [0.1, 0.15) is 0 Å². The Morgan fingerprint density at radius 1 is 1.50 bits per heavy atom. The molecule has 0 spiro atoms. The van der Waals surface area contributed by atoms with Crippen LogP contribution in [-0.2, 0) is 9.53 Å². The van der Waals surface area contributed by atoms with Gasteiger partial charge in [-0.2, -0.15) is 0 Å². The molecule has 0 saturated heterocycles. The van der Waals surface area contributed by atoms with Crippen LogP contribution in [0.5, 0.6) is 0 Å². The topological polar surface area (TPSA) is 66.8 Å². The van der Waals surface area contributed by atoms with Gasteiger partial charge >= 0.3 is 5.97 Å². The third-order valence-electron chi connectivity index (χ3n) is 1.51. The molecule has 0 radical (unpaired) electrons. The van der Waals surface area contributed by atoms with Crippen molar-refractivity contribution in [2.75, 3.05) is 6.61 Å². The fourth-order valence-corrected chi connectivity index (χ4v) is 0.740. The molecule has 0 aliphatic carbocycles. The number of aliphatic hydroxyl groups is 2. The molecule has 0 unspecified atom stereocenters. The van der Waals surface area contributed by atoms with E-state index in [0.717, 1.165) is 0 Å². The van der Waals surface area contributed by atoms with Gasteiger partial charge in [0.05, 0.1) is 18.8 Å². The Kier molecular flexibility index (Phi) is 5.66. The summed E-state index contributed by atoms with van der Waals surface area (Å²) in [6, 6.07) is 0. The standard InChI is InChI=1S/C8H16O4/c1-3-12-8(11)5-4-7(10)6(2)9/h6-7,9-10H,3-5H2,1-2H3/t6-,7-/m1/s1. The average Bonchev–Trinajstić information content (AvgIpc) is 2.00. The van der Waals surface area contributed by atoms with E-state index in [1.807, 2.05) is 0 Å². The minimum atomic E-state index is -0.839. The Morgan fingerprint density at radius 2 is 2.08 bits per heavy atom. The molecule has 0 aliphatic heterocycles. The van der Waals surface area contributed by atoms with Crippen LogP contribution in [0.2, 0.25) is 0 Å². The van der Waals surface area contributed by atoms with Gasteiger partial charge in [-0.25, -0.2) is 0 Å². The molecular formula is C8H16O4. The van der Waals surface area contributed by atoms with Gasteiger partial charge in [0.25, 0.3) is 0 Å². The van der Waals surface area contributed by atoms with Gasteiger partial charge in [-0.15, -0.1) is 0 Å². The number of ether oxygens (including phenoxy) is 1. The summed E-state index contributed by atoms with van der Waals surface area (Å²) in [5.74, 6) is -0.336. The van der Waals surface area contributed by atoms with E-state index in [0.29, 0.717) is 6.61 Å². The van der Waals surface area contributed by atoms with Crippen molar-refractivity contribution in [3.8, 4) is 0 Å². The van der Waals surface area contributed by atoms with Crippen molar-refractivity contribution < 1.29 is 19.7 Å². The quantitative estimate of drug-likeness (QED) is 0.582. The van der Waals surface area contributed by atoms with E-state index in [1.54, 1.807) is 6.92 Å². The van der Waals surface area contributed by atoms with E-state index in [4.69, 9.17) is 10.2 Å². The molecule has 2 N–H and O–H groups in total. The molecule has 0 aromatic rings. The molecule has 12 heavy (non-hydrogen) atoms. The summed E-state index contributed by atoms with van der Waals surface area (Å²) in [5.41, 5.74) is 0. The second kappa shape index (κ2) is 5.97. The zero-order chi connectivity index (χ0) is 9.56. The van der Waals surface area contributed by atoms with E-state index in [2.05, 4.69) is 4.74 Å². The third kappa shape index (κ3) is 5.09. The predicted molar refractivity (Wildman–Crippen MR) is 43.6 cm³/mol. The molecule has 2 atom stereocenters. The van der Waals surface area contributed by atoms with E-state index in [-0.39, 0.29) is 18.8 Å². The van der Waals surface area contributed by atoms with Crippen LogP contribution in [0.3, 0.4) is 0 Å². The van der Waals surface area contributed by atoms with Crippen molar-refractivity contribution >= 4 is 5.97 Å². The molecule has 4 nitrogen and oxygen atoms in total. The van der Waals surface area contributed by atoms with Crippen LogP contribution in [0.15, 0.2) is 0 Å². The van der Waals surface area contributed by atoms with Gasteiger partial charge in [-0.3, -0.25) is 4.79 Å². The Hall–Kier alpha value is -0.610. The van der Waals surface area contributed by atoms with Crippen molar-refractivity contribution in [1.29, 1.82) is 0 Å². The first-order valence-corrected chi connectivity index (χ1v) is 4.09. The van der Waals surface area contributed by atoms with Gasteiger partial charge in [-0.1, -0.05) is 0 Å². The Balaban J connectivity index is 3.47. The highest BCUT2D eigenvalue weighted by Gasteiger charge is 2.12. The number of hydrogen-bond acceptors (Lipinski definition) is 4. The summed E-state index contributed by atoms with van der Waals surface area (Å²) >= 11 is 0. The van der Waals surface area contributed by atoms with E-state index in [9.17, 15) is 4.79 Å². The summed E-state index contributed by atoms with van der Waals surface area (Å²) in [7, 11) is 0. The molecule has 0 amide bonds. The van der Waals surface area contributed by atoms with Gasteiger partial charge in [0, 0.05) is 6.42 Å². The lowest BCUT2D eigenvalue weighted by Crippen LogP contribution is -2.23.